The van der Waals surface area contributed by atoms with Gasteiger partial charge in [-0.25, -0.2) is 4.98 Å². The first-order chi connectivity index (χ1) is 8.43. The van der Waals surface area contributed by atoms with Crippen molar-refractivity contribution in [1.82, 2.24) is 15.6 Å². The second kappa shape index (κ2) is 6.85. The van der Waals surface area contributed by atoms with Crippen LogP contribution in [0.5, 0.6) is 0 Å². The molecule has 2 N–H and O–H groups in total. The Morgan fingerprint density at radius 3 is 2.72 bits per heavy atom. The van der Waals surface area contributed by atoms with Crippen LogP contribution in [0, 0.1) is 0 Å². The van der Waals surface area contributed by atoms with Gasteiger partial charge in [0.1, 0.15) is 0 Å². The number of rotatable bonds is 6. The molecule has 0 unspecified atom stereocenters. The molecule has 0 saturated carbocycles. The van der Waals surface area contributed by atoms with Crippen LogP contribution in [0.2, 0.25) is 0 Å². The molecule has 0 aromatic carbocycles. The zero-order valence-corrected chi connectivity index (χ0v) is 12.5. The van der Waals surface area contributed by atoms with Gasteiger partial charge in [0, 0.05) is 23.9 Å². The fourth-order valence-corrected chi connectivity index (χ4v) is 2.27. The van der Waals surface area contributed by atoms with Gasteiger partial charge >= 0.3 is 0 Å². The van der Waals surface area contributed by atoms with Crippen molar-refractivity contribution < 1.29 is 4.79 Å². The van der Waals surface area contributed by atoms with E-state index < -0.39 is 0 Å². The first-order valence-corrected chi connectivity index (χ1v) is 7.23. The lowest BCUT2D eigenvalue weighted by Crippen LogP contribution is -2.34. The highest BCUT2D eigenvalue weighted by Crippen LogP contribution is 2.25. The van der Waals surface area contributed by atoms with Gasteiger partial charge in [-0.15, -0.1) is 11.3 Å². The molecule has 1 heterocycles. The number of carbonyl (C=O) groups excluding carboxylic acids is 1. The lowest BCUT2D eigenvalue weighted by Gasteiger charge is -2.13. The van der Waals surface area contributed by atoms with E-state index in [9.17, 15) is 4.79 Å². The largest absolute Gasteiger partial charge is 0.355 e. The number of amides is 1. The van der Waals surface area contributed by atoms with E-state index in [0.29, 0.717) is 13.1 Å². The van der Waals surface area contributed by atoms with Crippen molar-refractivity contribution in [3.05, 3.63) is 16.1 Å². The highest BCUT2D eigenvalue weighted by atomic mass is 32.1. The molecule has 4 nitrogen and oxygen atoms in total. The molecular formula is C13H23N3OS. The van der Waals surface area contributed by atoms with Crippen molar-refractivity contribution in [2.24, 2.45) is 0 Å². The molecule has 0 spiro atoms. The Hall–Kier alpha value is -0.940. The van der Waals surface area contributed by atoms with Gasteiger partial charge in [-0.2, -0.15) is 0 Å². The maximum Gasteiger partial charge on any atom is 0.233 e. The Balaban J connectivity index is 2.32. The Bertz CT molecular complexity index is 382. The summed E-state index contributed by atoms with van der Waals surface area (Å²) in [7, 11) is 0. The minimum Gasteiger partial charge on any atom is -0.355 e. The van der Waals surface area contributed by atoms with E-state index >= 15 is 0 Å². The summed E-state index contributed by atoms with van der Waals surface area (Å²) in [5, 5.41) is 9.12. The zero-order valence-electron chi connectivity index (χ0n) is 11.7. The third kappa shape index (κ3) is 5.14. The summed E-state index contributed by atoms with van der Waals surface area (Å²) in [5.74, 6) is 0.0446. The molecule has 0 bridgehead atoms. The van der Waals surface area contributed by atoms with E-state index in [-0.39, 0.29) is 11.3 Å². The van der Waals surface area contributed by atoms with Gasteiger partial charge in [-0.1, -0.05) is 27.7 Å². The smallest absolute Gasteiger partial charge is 0.233 e. The lowest BCUT2D eigenvalue weighted by atomic mass is 9.98. The molecule has 1 aromatic heterocycles. The molecule has 0 aliphatic carbocycles. The van der Waals surface area contributed by atoms with Gasteiger partial charge in [0.25, 0.3) is 0 Å². The molecule has 0 fully saturated rings. The molecular weight excluding hydrogens is 246 g/mol. The predicted octanol–water partition coefficient (Wildman–Crippen LogP) is 2.06. The summed E-state index contributed by atoms with van der Waals surface area (Å²) in [6.07, 6.45) is 0.965. The quantitative estimate of drug-likeness (QED) is 0.831. The Kier molecular flexibility index (Phi) is 5.75. The fraction of sp³-hybridized carbons (Fsp3) is 0.692. The van der Waals surface area contributed by atoms with E-state index in [1.165, 1.54) is 0 Å². The first kappa shape index (κ1) is 15.1. The second-order valence-electron chi connectivity index (χ2n) is 5.35. The summed E-state index contributed by atoms with van der Waals surface area (Å²) in [6, 6.07) is 0. The molecule has 102 valence electrons. The molecule has 18 heavy (non-hydrogen) atoms. The average molecular weight is 269 g/mol. The minimum absolute atomic E-state index is 0.0446. The molecule has 1 rings (SSSR count). The van der Waals surface area contributed by atoms with Crippen molar-refractivity contribution in [2.45, 2.75) is 46.1 Å². The van der Waals surface area contributed by atoms with Gasteiger partial charge < -0.3 is 10.6 Å². The van der Waals surface area contributed by atoms with E-state index in [1.54, 1.807) is 11.3 Å². The maximum absolute atomic E-state index is 11.4. The van der Waals surface area contributed by atoms with Gasteiger partial charge in [0.15, 0.2) is 0 Å². The molecule has 0 radical (unpaired) electrons. The molecule has 1 amide bonds. The summed E-state index contributed by atoms with van der Waals surface area (Å²) in [4.78, 5) is 15.9. The van der Waals surface area contributed by atoms with Crippen LogP contribution in [-0.4, -0.2) is 24.0 Å². The van der Waals surface area contributed by atoms with Crippen molar-refractivity contribution >= 4 is 17.2 Å². The molecule has 0 saturated heterocycles. The first-order valence-electron chi connectivity index (χ1n) is 6.35. The van der Waals surface area contributed by atoms with Crippen LogP contribution in [0.3, 0.4) is 0 Å². The minimum atomic E-state index is 0.0446. The van der Waals surface area contributed by atoms with Crippen LogP contribution in [0.1, 0.15) is 44.8 Å². The van der Waals surface area contributed by atoms with Crippen molar-refractivity contribution in [3.8, 4) is 0 Å². The van der Waals surface area contributed by atoms with Crippen LogP contribution < -0.4 is 10.6 Å². The Labute approximate surface area is 113 Å². The van der Waals surface area contributed by atoms with Crippen LogP contribution >= 0.6 is 11.3 Å². The van der Waals surface area contributed by atoms with E-state index in [1.807, 2.05) is 6.92 Å². The summed E-state index contributed by atoms with van der Waals surface area (Å²) >= 11 is 1.68. The second-order valence-corrected chi connectivity index (χ2v) is 6.21. The van der Waals surface area contributed by atoms with Gasteiger partial charge in [0.05, 0.1) is 17.2 Å². The van der Waals surface area contributed by atoms with E-state index in [2.05, 4.69) is 41.8 Å². The molecule has 5 heteroatoms. The number of hydrogen-bond donors (Lipinski definition) is 2. The highest BCUT2D eigenvalue weighted by molar-refractivity contribution is 7.09. The van der Waals surface area contributed by atoms with Crippen LogP contribution in [0.4, 0.5) is 0 Å². The van der Waals surface area contributed by atoms with Crippen molar-refractivity contribution in [1.29, 1.82) is 0 Å². The summed E-state index contributed by atoms with van der Waals surface area (Å²) in [6.45, 7) is 10.2. The molecule has 0 aliphatic heterocycles. The number of thiazole rings is 1. The van der Waals surface area contributed by atoms with Crippen LogP contribution in [0.25, 0.3) is 0 Å². The van der Waals surface area contributed by atoms with Crippen LogP contribution in [0.15, 0.2) is 5.38 Å². The van der Waals surface area contributed by atoms with Crippen molar-refractivity contribution in [3.63, 3.8) is 0 Å². The fourth-order valence-electron chi connectivity index (χ4n) is 1.36. The zero-order chi connectivity index (χ0) is 13.6. The van der Waals surface area contributed by atoms with Gasteiger partial charge in [-0.3, -0.25) is 4.79 Å². The SMILES string of the molecule is CCCNC(=O)CNCc1csc(C(C)(C)C)n1. The maximum atomic E-state index is 11.4. The third-order valence-corrected chi connectivity index (χ3v) is 3.67. The topological polar surface area (TPSA) is 54.0 Å². The monoisotopic (exact) mass is 269 g/mol. The van der Waals surface area contributed by atoms with Gasteiger partial charge in [0.2, 0.25) is 5.91 Å². The lowest BCUT2D eigenvalue weighted by molar-refractivity contribution is -0.120. The van der Waals surface area contributed by atoms with E-state index in [0.717, 1.165) is 23.7 Å². The third-order valence-electron chi connectivity index (χ3n) is 2.36. The number of nitrogens with one attached hydrogen (secondary N) is 2. The van der Waals surface area contributed by atoms with Crippen LogP contribution in [-0.2, 0) is 16.8 Å². The Morgan fingerprint density at radius 2 is 2.17 bits per heavy atom. The number of carbonyl (C=O) groups is 1. The molecule has 0 atom stereocenters. The Morgan fingerprint density at radius 1 is 1.44 bits per heavy atom. The highest BCUT2D eigenvalue weighted by Gasteiger charge is 2.17. The average Bonchev–Trinajstić information content (AvgIpc) is 2.74. The van der Waals surface area contributed by atoms with Gasteiger partial charge in [-0.05, 0) is 6.42 Å². The molecule has 1 aromatic rings. The molecule has 0 aliphatic rings. The van der Waals surface area contributed by atoms with Crippen molar-refractivity contribution in [2.75, 3.05) is 13.1 Å². The summed E-state index contributed by atoms with van der Waals surface area (Å²) < 4.78 is 0. The number of hydrogen-bond acceptors (Lipinski definition) is 4. The predicted molar refractivity (Wildman–Crippen MR) is 75.8 cm³/mol. The number of nitrogens with zero attached hydrogens (tertiary/aromatic N) is 1. The standard InChI is InChI=1S/C13H23N3OS/c1-5-6-15-11(17)8-14-7-10-9-18-12(16-10)13(2,3)4/h9,14H,5-8H2,1-4H3,(H,15,17). The summed E-state index contributed by atoms with van der Waals surface area (Å²) in [5.41, 5.74) is 1.11. The number of aromatic nitrogens is 1. The van der Waals surface area contributed by atoms with E-state index in [4.69, 9.17) is 0 Å². The normalized spacial score (nSPS) is 11.6.